The Labute approximate surface area is 232 Å². The second kappa shape index (κ2) is 10.3. The molecular formula is C30H32ClN5O3. The number of rotatable bonds is 3. The summed E-state index contributed by atoms with van der Waals surface area (Å²) in [5.41, 5.74) is 3.59. The van der Waals surface area contributed by atoms with Gasteiger partial charge in [-0.05, 0) is 76.1 Å². The lowest BCUT2D eigenvalue weighted by atomic mass is 10.00. The molecule has 39 heavy (non-hydrogen) atoms. The summed E-state index contributed by atoms with van der Waals surface area (Å²) < 4.78 is 6.96. The number of amides is 1. The quantitative estimate of drug-likeness (QED) is 0.325. The zero-order valence-corrected chi connectivity index (χ0v) is 23.6. The summed E-state index contributed by atoms with van der Waals surface area (Å²) in [6.45, 7) is 11.9. The standard InChI is InChI=1S/C30H32ClN5O3/c1-19-16-24-25(17-20(19)2)28(37)36(33-27(24)21-6-8-22(31)9-7-21)23-10-11-32-26(18-23)34-12-14-35(15-13-34)29(38)39-30(3,4)5/h6-11,16-18H,12-15H2,1-5H3. The molecule has 0 spiro atoms. The molecule has 0 radical (unpaired) electrons. The van der Waals surface area contributed by atoms with E-state index in [9.17, 15) is 9.59 Å². The van der Waals surface area contributed by atoms with E-state index in [1.54, 1.807) is 17.2 Å². The molecule has 3 heterocycles. The molecule has 5 rings (SSSR count). The van der Waals surface area contributed by atoms with Crippen LogP contribution in [0.4, 0.5) is 10.6 Å². The number of hydrogen-bond acceptors (Lipinski definition) is 6. The van der Waals surface area contributed by atoms with Gasteiger partial charge in [0, 0.05) is 54.4 Å². The molecule has 1 fully saturated rings. The van der Waals surface area contributed by atoms with Crippen molar-refractivity contribution in [2.24, 2.45) is 0 Å². The molecule has 1 aliphatic heterocycles. The second-order valence-corrected chi connectivity index (χ2v) is 11.3. The minimum atomic E-state index is -0.535. The van der Waals surface area contributed by atoms with Gasteiger partial charge in [-0.25, -0.2) is 9.78 Å². The number of benzene rings is 2. The first-order valence-electron chi connectivity index (χ1n) is 13.0. The first-order chi connectivity index (χ1) is 18.5. The van der Waals surface area contributed by atoms with E-state index in [0.29, 0.717) is 48.0 Å². The summed E-state index contributed by atoms with van der Waals surface area (Å²) in [6.07, 6.45) is 1.38. The molecule has 1 aliphatic rings. The fourth-order valence-electron chi connectivity index (χ4n) is 4.66. The Bertz CT molecular complexity index is 1600. The number of carbonyl (C=O) groups excluding carboxylic acids is 1. The Balaban J connectivity index is 1.51. The average Bonchev–Trinajstić information content (AvgIpc) is 2.90. The minimum absolute atomic E-state index is 0.197. The van der Waals surface area contributed by atoms with Gasteiger partial charge in [0.15, 0.2) is 0 Å². The molecule has 0 N–H and O–H groups in total. The van der Waals surface area contributed by atoms with E-state index in [-0.39, 0.29) is 11.7 Å². The number of aryl methyl sites for hydroxylation is 2. The van der Waals surface area contributed by atoms with Crippen molar-refractivity contribution < 1.29 is 9.53 Å². The largest absolute Gasteiger partial charge is 0.444 e. The van der Waals surface area contributed by atoms with E-state index in [1.807, 2.05) is 77.1 Å². The molecule has 2 aromatic carbocycles. The van der Waals surface area contributed by atoms with Gasteiger partial charge >= 0.3 is 6.09 Å². The van der Waals surface area contributed by atoms with Gasteiger partial charge in [0.05, 0.1) is 16.8 Å². The maximum atomic E-state index is 13.7. The lowest BCUT2D eigenvalue weighted by Crippen LogP contribution is -2.50. The van der Waals surface area contributed by atoms with Crippen LogP contribution in [0.1, 0.15) is 31.9 Å². The third kappa shape index (κ3) is 5.61. The predicted molar refractivity (Wildman–Crippen MR) is 155 cm³/mol. The van der Waals surface area contributed by atoms with Crippen molar-refractivity contribution in [3.8, 4) is 16.9 Å². The zero-order chi connectivity index (χ0) is 27.9. The van der Waals surface area contributed by atoms with Crippen LogP contribution in [0.5, 0.6) is 0 Å². The Kier molecular flexibility index (Phi) is 7.07. The molecule has 8 nitrogen and oxygen atoms in total. The SMILES string of the molecule is Cc1cc2c(-c3ccc(Cl)cc3)nn(-c3ccnc(N4CCN(C(=O)OC(C)(C)C)CC4)c3)c(=O)c2cc1C. The fraction of sp³-hybridized carbons (Fsp3) is 0.333. The van der Waals surface area contributed by atoms with Crippen molar-refractivity contribution in [3.63, 3.8) is 0 Å². The molecule has 202 valence electrons. The van der Waals surface area contributed by atoms with Crippen LogP contribution in [-0.4, -0.2) is 57.5 Å². The van der Waals surface area contributed by atoms with Crippen LogP contribution in [0.25, 0.3) is 27.7 Å². The van der Waals surface area contributed by atoms with Gasteiger partial charge in [0.2, 0.25) is 0 Å². The van der Waals surface area contributed by atoms with Crippen molar-refractivity contribution in [3.05, 3.63) is 81.2 Å². The zero-order valence-electron chi connectivity index (χ0n) is 22.9. The van der Waals surface area contributed by atoms with Crippen LogP contribution in [0, 0.1) is 13.8 Å². The number of carbonyl (C=O) groups is 1. The third-order valence-corrected chi connectivity index (χ3v) is 7.11. The highest BCUT2D eigenvalue weighted by Crippen LogP contribution is 2.29. The van der Waals surface area contributed by atoms with Gasteiger partial charge in [-0.2, -0.15) is 9.78 Å². The molecule has 1 amide bonds. The molecule has 2 aromatic heterocycles. The first kappa shape index (κ1) is 26.7. The highest BCUT2D eigenvalue weighted by atomic mass is 35.5. The van der Waals surface area contributed by atoms with Crippen LogP contribution in [0.3, 0.4) is 0 Å². The van der Waals surface area contributed by atoms with Gasteiger partial charge in [-0.1, -0.05) is 23.7 Å². The van der Waals surface area contributed by atoms with E-state index in [0.717, 1.165) is 27.9 Å². The fourth-order valence-corrected chi connectivity index (χ4v) is 4.78. The van der Waals surface area contributed by atoms with E-state index >= 15 is 0 Å². The highest BCUT2D eigenvalue weighted by molar-refractivity contribution is 6.30. The third-order valence-electron chi connectivity index (χ3n) is 6.86. The van der Waals surface area contributed by atoms with Crippen LogP contribution in [0.2, 0.25) is 5.02 Å². The van der Waals surface area contributed by atoms with E-state index in [4.69, 9.17) is 21.4 Å². The second-order valence-electron chi connectivity index (χ2n) is 10.9. The summed E-state index contributed by atoms with van der Waals surface area (Å²) in [5.74, 6) is 0.721. The first-order valence-corrected chi connectivity index (χ1v) is 13.4. The molecule has 0 bridgehead atoms. The van der Waals surface area contributed by atoms with Crippen LogP contribution < -0.4 is 10.5 Å². The number of anilines is 1. The monoisotopic (exact) mass is 545 g/mol. The van der Waals surface area contributed by atoms with Crippen molar-refractivity contribution in [2.45, 2.75) is 40.2 Å². The number of nitrogens with zero attached hydrogens (tertiary/aromatic N) is 5. The van der Waals surface area contributed by atoms with Gasteiger partial charge in [0.25, 0.3) is 5.56 Å². The maximum absolute atomic E-state index is 13.7. The molecule has 9 heteroatoms. The lowest BCUT2D eigenvalue weighted by molar-refractivity contribution is 0.0240. The number of aromatic nitrogens is 3. The molecule has 4 aromatic rings. The van der Waals surface area contributed by atoms with Crippen molar-refractivity contribution in [2.75, 3.05) is 31.1 Å². The molecular weight excluding hydrogens is 514 g/mol. The Hall–Kier alpha value is -3.91. The number of fused-ring (bicyclic) bond motifs is 1. The van der Waals surface area contributed by atoms with E-state index < -0.39 is 5.60 Å². The van der Waals surface area contributed by atoms with Crippen molar-refractivity contribution >= 4 is 34.3 Å². The molecule has 0 saturated carbocycles. The average molecular weight is 546 g/mol. The smallest absolute Gasteiger partial charge is 0.410 e. The summed E-state index contributed by atoms with van der Waals surface area (Å²) >= 11 is 6.15. The number of piperazine rings is 1. The molecule has 0 unspecified atom stereocenters. The Morgan fingerprint density at radius 2 is 1.56 bits per heavy atom. The summed E-state index contributed by atoms with van der Waals surface area (Å²) in [5, 5.41) is 6.88. The maximum Gasteiger partial charge on any atom is 0.410 e. The predicted octanol–water partition coefficient (Wildman–Crippen LogP) is 5.78. The minimum Gasteiger partial charge on any atom is -0.444 e. The van der Waals surface area contributed by atoms with Gasteiger partial charge in [-0.3, -0.25) is 4.79 Å². The summed E-state index contributed by atoms with van der Waals surface area (Å²) in [6, 6.07) is 15.1. The molecule has 0 atom stereocenters. The van der Waals surface area contributed by atoms with Crippen LogP contribution in [-0.2, 0) is 4.74 Å². The topological polar surface area (TPSA) is 80.6 Å². The van der Waals surface area contributed by atoms with Crippen LogP contribution in [0.15, 0.2) is 59.5 Å². The van der Waals surface area contributed by atoms with Gasteiger partial charge in [-0.15, -0.1) is 0 Å². The van der Waals surface area contributed by atoms with Crippen LogP contribution >= 0.6 is 11.6 Å². The summed E-state index contributed by atoms with van der Waals surface area (Å²) in [7, 11) is 0. The summed E-state index contributed by atoms with van der Waals surface area (Å²) in [4.78, 5) is 34.6. The highest BCUT2D eigenvalue weighted by Gasteiger charge is 2.26. The van der Waals surface area contributed by atoms with Crippen molar-refractivity contribution in [1.82, 2.24) is 19.7 Å². The van der Waals surface area contributed by atoms with Crippen molar-refractivity contribution in [1.29, 1.82) is 0 Å². The Morgan fingerprint density at radius 3 is 2.21 bits per heavy atom. The number of halogens is 1. The normalized spacial score (nSPS) is 14.1. The number of ether oxygens (including phenoxy) is 1. The molecule has 0 aliphatic carbocycles. The lowest BCUT2D eigenvalue weighted by Gasteiger charge is -2.36. The van der Waals surface area contributed by atoms with Gasteiger partial charge < -0.3 is 14.5 Å². The van der Waals surface area contributed by atoms with E-state index in [1.165, 1.54) is 4.68 Å². The molecule has 1 saturated heterocycles. The number of pyridine rings is 1. The van der Waals surface area contributed by atoms with Gasteiger partial charge in [0.1, 0.15) is 11.4 Å². The number of hydrogen-bond donors (Lipinski definition) is 0. The van der Waals surface area contributed by atoms with E-state index in [2.05, 4.69) is 9.88 Å². The Morgan fingerprint density at radius 1 is 0.923 bits per heavy atom.